The van der Waals surface area contributed by atoms with Gasteiger partial charge in [0.2, 0.25) is 0 Å². The predicted molar refractivity (Wildman–Crippen MR) is 67.4 cm³/mol. The highest BCUT2D eigenvalue weighted by Crippen LogP contribution is 2.27. The zero-order chi connectivity index (χ0) is 13.2. The maximum absolute atomic E-state index is 12.0. The molecule has 0 heterocycles. The van der Waals surface area contributed by atoms with E-state index in [2.05, 4.69) is 26.1 Å². The Morgan fingerprint density at radius 1 is 1.06 bits per heavy atom. The van der Waals surface area contributed by atoms with Crippen LogP contribution < -0.4 is 5.32 Å². The molecule has 3 nitrogen and oxygen atoms in total. The molecule has 0 saturated carbocycles. The van der Waals surface area contributed by atoms with Crippen molar-refractivity contribution in [1.82, 2.24) is 5.32 Å². The zero-order valence-corrected chi connectivity index (χ0v) is 12.0. The van der Waals surface area contributed by atoms with E-state index >= 15 is 0 Å². The molecule has 0 aromatic rings. The first-order chi connectivity index (χ1) is 6.90. The maximum atomic E-state index is 12.0. The van der Waals surface area contributed by atoms with Gasteiger partial charge in [0, 0.05) is 12.6 Å². The molecule has 0 aliphatic heterocycles. The Morgan fingerprint density at radius 2 is 1.50 bits per heavy atom. The second-order valence-corrected chi connectivity index (χ2v) is 6.79. The van der Waals surface area contributed by atoms with Gasteiger partial charge in [-0.25, -0.2) is 0 Å². The number of rotatable bonds is 4. The highest BCUT2D eigenvalue weighted by molar-refractivity contribution is 5.84. The van der Waals surface area contributed by atoms with Gasteiger partial charge in [-0.2, -0.15) is 0 Å². The first-order valence-electron chi connectivity index (χ1n) is 5.77. The van der Waals surface area contributed by atoms with Crippen molar-refractivity contribution < 1.29 is 9.53 Å². The number of nitrogens with one attached hydrogen (secondary N) is 1. The molecule has 16 heavy (non-hydrogen) atoms. The number of methoxy groups -OCH3 is 1. The number of ether oxygens (including phenoxy) is 1. The van der Waals surface area contributed by atoms with Gasteiger partial charge in [0.05, 0.1) is 0 Å². The summed E-state index contributed by atoms with van der Waals surface area (Å²) in [6.07, 6.45) is 0.922. The van der Waals surface area contributed by atoms with E-state index < -0.39 is 5.60 Å². The lowest BCUT2D eigenvalue weighted by Crippen LogP contribution is -2.53. The summed E-state index contributed by atoms with van der Waals surface area (Å²) in [5, 5.41) is 3.04. The van der Waals surface area contributed by atoms with Crippen molar-refractivity contribution in [1.29, 1.82) is 0 Å². The molecule has 0 aliphatic carbocycles. The van der Waals surface area contributed by atoms with Crippen molar-refractivity contribution in [3.05, 3.63) is 0 Å². The van der Waals surface area contributed by atoms with Gasteiger partial charge in [-0.05, 0) is 39.5 Å². The normalized spacial score (nSPS) is 13.8. The average molecular weight is 229 g/mol. The third-order valence-corrected chi connectivity index (χ3v) is 2.48. The maximum Gasteiger partial charge on any atom is 0.252 e. The molecule has 0 bridgehead atoms. The van der Waals surface area contributed by atoms with E-state index in [1.807, 2.05) is 13.8 Å². The minimum absolute atomic E-state index is 0.0655. The molecule has 1 amide bonds. The molecule has 0 aliphatic rings. The van der Waals surface area contributed by atoms with E-state index in [9.17, 15) is 4.79 Å². The molecular weight excluding hydrogens is 202 g/mol. The molecule has 0 spiro atoms. The second-order valence-electron chi connectivity index (χ2n) is 6.79. The van der Waals surface area contributed by atoms with Crippen molar-refractivity contribution >= 4 is 5.91 Å². The molecule has 1 N–H and O–H groups in total. The average Bonchev–Trinajstić information content (AvgIpc) is 1.98. The van der Waals surface area contributed by atoms with Gasteiger partial charge >= 0.3 is 0 Å². The van der Waals surface area contributed by atoms with Crippen LogP contribution in [0.4, 0.5) is 0 Å². The molecular formula is C13H27NO2. The van der Waals surface area contributed by atoms with Crippen LogP contribution in [0.3, 0.4) is 0 Å². The van der Waals surface area contributed by atoms with Gasteiger partial charge in [-0.3, -0.25) is 4.79 Å². The van der Waals surface area contributed by atoms with Crippen LogP contribution in [0.15, 0.2) is 0 Å². The van der Waals surface area contributed by atoms with Gasteiger partial charge in [0.25, 0.3) is 5.91 Å². The number of amides is 1. The van der Waals surface area contributed by atoms with Crippen LogP contribution in [-0.2, 0) is 9.53 Å². The van der Waals surface area contributed by atoms with Crippen LogP contribution >= 0.6 is 0 Å². The monoisotopic (exact) mass is 229 g/mol. The largest absolute Gasteiger partial charge is 0.369 e. The van der Waals surface area contributed by atoms with Crippen molar-refractivity contribution in [2.45, 2.75) is 66.0 Å². The number of carbonyl (C=O) groups is 1. The highest BCUT2D eigenvalue weighted by Gasteiger charge is 2.33. The van der Waals surface area contributed by atoms with E-state index in [0.717, 1.165) is 6.42 Å². The minimum Gasteiger partial charge on any atom is -0.369 e. The fourth-order valence-corrected chi connectivity index (χ4v) is 1.92. The van der Waals surface area contributed by atoms with Crippen molar-refractivity contribution in [3.8, 4) is 0 Å². The van der Waals surface area contributed by atoms with Crippen molar-refractivity contribution in [2.24, 2.45) is 5.41 Å². The van der Waals surface area contributed by atoms with Crippen LogP contribution in [-0.4, -0.2) is 24.2 Å². The molecule has 0 radical (unpaired) electrons. The SMILES string of the molecule is COC(C)(C)C(=O)NC(C)(C)CC(C)(C)C. The Morgan fingerprint density at radius 3 is 1.81 bits per heavy atom. The summed E-state index contributed by atoms with van der Waals surface area (Å²) in [6.45, 7) is 14.1. The first-order valence-corrected chi connectivity index (χ1v) is 5.77. The van der Waals surface area contributed by atoms with Crippen LogP contribution in [0.25, 0.3) is 0 Å². The lowest BCUT2D eigenvalue weighted by atomic mass is 9.81. The zero-order valence-electron chi connectivity index (χ0n) is 12.0. The van der Waals surface area contributed by atoms with E-state index in [1.54, 1.807) is 21.0 Å². The van der Waals surface area contributed by atoms with Crippen molar-refractivity contribution in [3.63, 3.8) is 0 Å². The second kappa shape index (κ2) is 4.74. The molecule has 0 atom stereocenters. The lowest BCUT2D eigenvalue weighted by molar-refractivity contribution is -0.141. The number of carbonyl (C=O) groups excluding carboxylic acids is 1. The van der Waals surface area contributed by atoms with E-state index in [-0.39, 0.29) is 16.9 Å². The van der Waals surface area contributed by atoms with Gasteiger partial charge in [-0.1, -0.05) is 20.8 Å². The highest BCUT2D eigenvalue weighted by atomic mass is 16.5. The summed E-state index contributed by atoms with van der Waals surface area (Å²) in [7, 11) is 1.55. The Labute approximate surface area is 99.9 Å². The predicted octanol–water partition coefficient (Wildman–Crippen LogP) is 2.74. The third kappa shape index (κ3) is 5.50. The Bertz CT molecular complexity index is 249. The van der Waals surface area contributed by atoms with Crippen LogP contribution in [0.1, 0.15) is 54.9 Å². The fourth-order valence-electron chi connectivity index (χ4n) is 1.92. The quantitative estimate of drug-likeness (QED) is 0.805. The molecule has 0 aromatic carbocycles. The van der Waals surface area contributed by atoms with Gasteiger partial charge < -0.3 is 10.1 Å². The minimum atomic E-state index is -0.769. The van der Waals surface area contributed by atoms with Crippen LogP contribution in [0.2, 0.25) is 0 Å². The summed E-state index contributed by atoms with van der Waals surface area (Å²) < 4.78 is 5.16. The Kier molecular flexibility index (Phi) is 4.57. The van der Waals surface area contributed by atoms with Crippen molar-refractivity contribution in [2.75, 3.05) is 7.11 Å². The van der Waals surface area contributed by atoms with E-state index in [4.69, 9.17) is 4.74 Å². The smallest absolute Gasteiger partial charge is 0.252 e. The molecule has 3 heteroatoms. The van der Waals surface area contributed by atoms with Crippen LogP contribution in [0, 0.1) is 5.41 Å². The lowest BCUT2D eigenvalue weighted by Gasteiger charge is -2.35. The van der Waals surface area contributed by atoms with E-state index in [1.165, 1.54) is 0 Å². The summed E-state index contributed by atoms with van der Waals surface area (Å²) in [5.41, 5.74) is -0.797. The topological polar surface area (TPSA) is 38.3 Å². The van der Waals surface area contributed by atoms with E-state index in [0.29, 0.717) is 0 Å². The third-order valence-electron chi connectivity index (χ3n) is 2.48. The summed E-state index contributed by atoms with van der Waals surface area (Å²) in [4.78, 5) is 12.0. The summed E-state index contributed by atoms with van der Waals surface area (Å²) >= 11 is 0. The molecule has 0 saturated heterocycles. The van der Waals surface area contributed by atoms with Gasteiger partial charge in [0.15, 0.2) is 0 Å². The van der Waals surface area contributed by atoms with Crippen LogP contribution in [0.5, 0.6) is 0 Å². The number of hydrogen-bond acceptors (Lipinski definition) is 2. The molecule has 0 fully saturated rings. The van der Waals surface area contributed by atoms with Gasteiger partial charge in [0.1, 0.15) is 5.60 Å². The molecule has 96 valence electrons. The number of hydrogen-bond donors (Lipinski definition) is 1. The standard InChI is InChI=1S/C13H27NO2/c1-11(2,3)9-12(4,5)14-10(15)13(6,7)16-8/h9H2,1-8H3,(H,14,15). The molecule has 0 unspecified atom stereocenters. The first kappa shape index (κ1) is 15.4. The summed E-state index contributed by atoms with van der Waals surface area (Å²) in [5.74, 6) is -0.0655. The Balaban J connectivity index is 4.55. The van der Waals surface area contributed by atoms with Gasteiger partial charge in [-0.15, -0.1) is 0 Å². The Hall–Kier alpha value is -0.570. The molecule has 0 rings (SSSR count). The fraction of sp³-hybridized carbons (Fsp3) is 0.923. The molecule has 0 aromatic heterocycles. The summed E-state index contributed by atoms with van der Waals surface area (Å²) in [6, 6.07) is 0.